The Kier molecular flexibility index (Phi) is 3.33. The normalized spacial score (nSPS) is 16.9. The van der Waals surface area contributed by atoms with Crippen LogP contribution >= 0.6 is 15.9 Å². The first-order chi connectivity index (χ1) is 7.58. The van der Waals surface area contributed by atoms with E-state index in [4.69, 9.17) is 0 Å². The average Bonchev–Trinajstić information content (AvgIpc) is 3.04. The monoisotopic (exact) mass is 281 g/mol. The van der Waals surface area contributed by atoms with Crippen LogP contribution in [0.3, 0.4) is 0 Å². The molecule has 0 bridgehead atoms. The molecule has 2 rings (SSSR count). The van der Waals surface area contributed by atoms with E-state index < -0.39 is 0 Å². The summed E-state index contributed by atoms with van der Waals surface area (Å²) >= 11 is 3.46. The minimum absolute atomic E-state index is 0.132. The summed E-state index contributed by atoms with van der Waals surface area (Å²) in [5, 5.41) is 2.97. The Bertz CT molecular complexity index is 412. The molecule has 1 aromatic rings. The largest absolute Gasteiger partial charge is 0.325 e. The number of benzene rings is 1. The zero-order valence-corrected chi connectivity index (χ0v) is 11.2. The molecule has 0 heterocycles. The minimum atomic E-state index is 0.132. The zero-order valence-electron chi connectivity index (χ0n) is 9.59. The van der Waals surface area contributed by atoms with Gasteiger partial charge < -0.3 is 5.32 Å². The van der Waals surface area contributed by atoms with Crippen LogP contribution < -0.4 is 5.32 Å². The quantitative estimate of drug-likeness (QED) is 0.899. The molecule has 1 aliphatic carbocycles. The smallest absolute Gasteiger partial charge is 0.227 e. The molecule has 1 fully saturated rings. The molecule has 0 radical (unpaired) electrons. The Balaban J connectivity index is 2.05. The Hall–Kier alpha value is -0.830. The maximum Gasteiger partial charge on any atom is 0.227 e. The standard InChI is InChI=1S/C13H16BrNO/c1-8-3-6-12(11(14)7-8)15-13(16)9(2)10-4-5-10/h3,6-7,9-10H,4-5H2,1-2H3,(H,15,16). The summed E-state index contributed by atoms with van der Waals surface area (Å²) in [7, 11) is 0. The number of aryl methyl sites for hydroxylation is 1. The maximum absolute atomic E-state index is 11.9. The molecule has 0 saturated heterocycles. The van der Waals surface area contributed by atoms with Gasteiger partial charge in [-0.25, -0.2) is 0 Å². The number of nitrogens with one attached hydrogen (secondary N) is 1. The van der Waals surface area contributed by atoms with Gasteiger partial charge in [0, 0.05) is 10.4 Å². The molecule has 1 aromatic carbocycles. The van der Waals surface area contributed by atoms with E-state index in [2.05, 4.69) is 21.2 Å². The highest BCUT2D eigenvalue weighted by Crippen LogP contribution is 2.37. The number of carbonyl (C=O) groups excluding carboxylic acids is 1. The number of halogens is 1. The second-order valence-corrected chi connectivity index (χ2v) is 5.45. The van der Waals surface area contributed by atoms with Gasteiger partial charge in [0.05, 0.1) is 5.69 Å². The molecule has 1 aliphatic rings. The second-order valence-electron chi connectivity index (χ2n) is 4.60. The predicted octanol–water partition coefficient (Wildman–Crippen LogP) is 3.74. The van der Waals surface area contributed by atoms with Crippen molar-refractivity contribution >= 4 is 27.5 Å². The van der Waals surface area contributed by atoms with Crippen molar-refractivity contribution in [2.75, 3.05) is 5.32 Å². The third-order valence-corrected chi connectivity index (χ3v) is 3.78. The van der Waals surface area contributed by atoms with E-state index in [0.717, 1.165) is 10.2 Å². The summed E-state index contributed by atoms with van der Waals surface area (Å²) in [4.78, 5) is 11.9. The molecule has 1 amide bonds. The minimum Gasteiger partial charge on any atom is -0.325 e. The van der Waals surface area contributed by atoms with Crippen molar-refractivity contribution < 1.29 is 4.79 Å². The second kappa shape index (κ2) is 4.58. The first-order valence-corrected chi connectivity index (χ1v) is 6.44. The molecule has 1 atom stereocenters. The molecule has 0 aliphatic heterocycles. The average molecular weight is 282 g/mol. The van der Waals surface area contributed by atoms with Gasteiger partial charge in [-0.3, -0.25) is 4.79 Å². The summed E-state index contributed by atoms with van der Waals surface area (Å²) in [6.07, 6.45) is 2.40. The number of anilines is 1. The third kappa shape index (κ3) is 2.64. The highest BCUT2D eigenvalue weighted by atomic mass is 79.9. The van der Waals surface area contributed by atoms with E-state index in [1.807, 2.05) is 32.0 Å². The van der Waals surface area contributed by atoms with E-state index in [-0.39, 0.29) is 11.8 Å². The molecular formula is C13H16BrNO. The number of hydrogen-bond donors (Lipinski definition) is 1. The SMILES string of the molecule is Cc1ccc(NC(=O)C(C)C2CC2)c(Br)c1. The molecule has 0 aromatic heterocycles. The summed E-state index contributed by atoms with van der Waals surface area (Å²) < 4.78 is 0.948. The fourth-order valence-corrected chi connectivity index (χ4v) is 2.37. The molecule has 1 unspecified atom stereocenters. The van der Waals surface area contributed by atoms with E-state index in [1.54, 1.807) is 0 Å². The summed E-state index contributed by atoms with van der Waals surface area (Å²) in [6, 6.07) is 5.95. The first kappa shape index (κ1) is 11.6. The van der Waals surface area contributed by atoms with Crippen LogP contribution in [0.5, 0.6) is 0 Å². The molecular weight excluding hydrogens is 266 g/mol. The number of amides is 1. The number of carbonyl (C=O) groups is 1. The van der Waals surface area contributed by atoms with E-state index in [0.29, 0.717) is 5.92 Å². The highest BCUT2D eigenvalue weighted by molar-refractivity contribution is 9.10. The van der Waals surface area contributed by atoms with Gasteiger partial charge >= 0.3 is 0 Å². The van der Waals surface area contributed by atoms with E-state index in [1.165, 1.54) is 18.4 Å². The van der Waals surface area contributed by atoms with Crippen molar-refractivity contribution in [2.24, 2.45) is 11.8 Å². The highest BCUT2D eigenvalue weighted by Gasteiger charge is 2.32. The summed E-state index contributed by atoms with van der Waals surface area (Å²) in [6.45, 7) is 4.04. The summed E-state index contributed by atoms with van der Waals surface area (Å²) in [5.74, 6) is 0.865. The molecule has 0 spiro atoms. The van der Waals surface area contributed by atoms with Gasteiger partial charge in [0.2, 0.25) is 5.91 Å². The van der Waals surface area contributed by atoms with Crippen molar-refractivity contribution in [2.45, 2.75) is 26.7 Å². The van der Waals surface area contributed by atoms with E-state index >= 15 is 0 Å². The lowest BCUT2D eigenvalue weighted by Crippen LogP contribution is -2.21. The maximum atomic E-state index is 11.9. The molecule has 1 saturated carbocycles. The van der Waals surface area contributed by atoms with Gasteiger partial charge in [-0.2, -0.15) is 0 Å². The molecule has 16 heavy (non-hydrogen) atoms. The van der Waals surface area contributed by atoms with Crippen molar-refractivity contribution in [1.29, 1.82) is 0 Å². The Morgan fingerprint density at radius 1 is 1.50 bits per heavy atom. The van der Waals surface area contributed by atoms with Crippen LogP contribution in [0.4, 0.5) is 5.69 Å². The van der Waals surface area contributed by atoms with Crippen LogP contribution in [0.25, 0.3) is 0 Å². The molecule has 86 valence electrons. The molecule has 2 nitrogen and oxygen atoms in total. The fourth-order valence-electron chi connectivity index (χ4n) is 1.78. The third-order valence-electron chi connectivity index (χ3n) is 3.13. The number of rotatable bonds is 3. The van der Waals surface area contributed by atoms with Crippen LogP contribution in [0.15, 0.2) is 22.7 Å². The van der Waals surface area contributed by atoms with E-state index in [9.17, 15) is 4.79 Å². The van der Waals surface area contributed by atoms with Gasteiger partial charge in [0.25, 0.3) is 0 Å². The molecule has 3 heteroatoms. The summed E-state index contributed by atoms with van der Waals surface area (Å²) in [5.41, 5.74) is 2.04. The predicted molar refractivity (Wildman–Crippen MR) is 69.4 cm³/mol. The Morgan fingerprint density at radius 3 is 2.75 bits per heavy atom. The lowest BCUT2D eigenvalue weighted by atomic mass is 10.1. The van der Waals surface area contributed by atoms with Crippen LogP contribution in [0, 0.1) is 18.8 Å². The van der Waals surface area contributed by atoms with Gasteiger partial charge in [-0.15, -0.1) is 0 Å². The van der Waals surface area contributed by atoms with Crippen LogP contribution in [0.1, 0.15) is 25.3 Å². The van der Waals surface area contributed by atoms with Crippen LogP contribution in [-0.2, 0) is 4.79 Å². The zero-order chi connectivity index (χ0) is 11.7. The van der Waals surface area contributed by atoms with Crippen LogP contribution in [0.2, 0.25) is 0 Å². The molecule has 1 N–H and O–H groups in total. The Morgan fingerprint density at radius 2 is 2.19 bits per heavy atom. The first-order valence-electron chi connectivity index (χ1n) is 5.65. The van der Waals surface area contributed by atoms with Crippen molar-refractivity contribution in [3.63, 3.8) is 0 Å². The van der Waals surface area contributed by atoms with Crippen molar-refractivity contribution in [3.05, 3.63) is 28.2 Å². The van der Waals surface area contributed by atoms with Gasteiger partial charge in [0.1, 0.15) is 0 Å². The van der Waals surface area contributed by atoms with Crippen molar-refractivity contribution in [1.82, 2.24) is 0 Å². The fraction of sp³-hybridized carbons (Fsp3) is 0.462. The number of hydrogen-bond acceptors (Lipinski definition) is 1. The Labute approximate surface area is 105 Å². The van der Waals surface area contributed by atoms with Gasteiger partial charge in [-0.1, -0.05) is 13.0 Å². The van der Waals surface area contributed by atoms with Crippen molar-refractivity contribution in [3.8, 4) is 0 Å². The lowest BCUT2D eigenvalue weighted by molar-refractivity contribution is -0.119. The lowest BCUT2D eigenvalue weighted by Gasteiger charge is -2.12. The van der Waals surface area contributed by atoms with Gasteiger partial charge in [-0.05, 0) is 59.3 Å². The van der Waals surface area contributed by atoms with Gasteiger partial charge in [0.15, 0.2) is 0 Å². The van der Waals surface area contributed by atoms with Crippen LogP contribution in [-0.4, -0.2) is 5.91 Å². The topological polar surface area (TPSA) is 29.1 Å².